The molecule has 2 heterocycles. The lowest BCUT2D eigenvalue weighted by Crippen LogP contribution is -2.40. The van der Waals surface area contributed by atoms with Gasteiger partial charge in [0.2, 0.25) is 5.91 Å². The lowest BCUT2D eigenvalue weighted by Gasteiger charge is -2.16. The Morgan fingerprint density at radius 2 is 2.38 bits per heavy atom. The van der Waals surface area contributed by atoms with Crippen LogP contribution in [0.5, 0.6) is 0 Å². The number of carbonyl (C=O) groups excluding carboxylic acids is 1. The number of nitrogens with two attached hydrogens (primary N) is 1. The number of amides is 1. The summed E-state index contributed by atoms with van der Waals surface area (Å²) in [4.78, 5) is 13.7. The monoisotopic (exact) mass is 227 g/mol. The number of nitrogens with one attached hydrogen (secondary N) is 1. The maximum atomic E-state index is 11.6. The van der Waals surface area contributed by atoms with Crippen molar-refractivity contribution in [3.63, 3.8) is 0 Å². The third-order valence-electron chi connectivity index (χ3n) is 3.23. The SMILES string of the molecule is N[C@@H]1CCN(CC(=O)NC[C@H]2CCCO2)C1. The van der Waals surface area contributed by atoms with Gasteiger partial charge in [0.1, 0.15) is 0 Å². The first-order valence-corrected chi connectivity index (χ1v) is 6.10. The van der Waals surface area contributed by atoms with E-state index in [4.69, 9.17) is 10.5 Å². The van der Waals surface area contributed by atoms with Crippen LogP contribution in [0.1, 0.15) is 19.3 Å². The van der Waals surface area contributed by atoms with E-state index in [0.29, 0.717) is 13.1 Å². The van der Waals surface area contributed by atoms with Crippen LogP contribution in [0.4, 0.5) is 0 Å². The molecular weight excluding hydrogens is 206 g/mol. The molecule has 0 unspecified atom stereocenters. The molecule has 2 rings (SSSR count). The zero-order valence-electron chi connectivity index (χ0n) is 9.65. The van der Waals surface area contributed by atoms with E-state index >= 15 is 0 Å². The molecule has 0 saturated carbocycles. The first kappa shape index (κ1) is 11.8. The molecule has 0 bridgehead atoms. The van der Waals surface area contributed by atoms with E-state index in [1.807, 2.05) is 0 Å². The molecule has 0 aliphatic carbocycles. The van der Waals surface area contributed by atoms with E-state index in [2.05, 4.69) is 10.2 Å². The van der Waals surface area contributed by atoms with Crippen LogP contribution < -0.4 is 11.1 Å². The van der Waals surface area contributed by atoms with Crippen LogP contribution in [-0.4, -0.2) is 55.7 Å². The Balaban J connectivity index is 1.60. The van der Waals surface area contributed by atoms with Gasteiger partial charge in [0.15, 0.2) is 0 Å². The van der Waals surface area contributed by atoms with Crippen molar-refractivity contribution in [2.75, 3.05) is 32.8 Å². The van der Waals surface area contributed by atoms with Gasteiger partial charge in [-0.15, -0.1) is 0 Å². The van der Waals surface area contributed by atoms with Gasteiger partial charge in [-0.25, -0.2) is 0 Å². The number of likely N-dealkylation sites (tertiary alicyclic amines) is 1. The van der Waals surface area contributed by atoms with Gasteiger partial charge in [-0.3, -0.25) is 9.69 Å². The molecule has 0 radical (unpaired) electrons. The Hall–Kier alpha value is -0.650. The highest BCUT2D eigenvalue weighted by atomic mass is 16.5. The van der Waals surface area contributed by atoms with Crippen LogP contribution in [0, 0.1) is 0 Å². The van der Waals surface area contributed by atoms with Crippen molar-refractivity contribution in [2.24, 2.45) is 5.73 Å². The minimum absolute atomic E-state index is 0.0876. The second-order valence-electron chi connectivity index (χ2n) is 4.72. The molecule has 2 saturated heterocycles. The molecule has 0 aromatic carbocycles. The minimum Gasteiger partial charge on any atom is -0.376 e. The van der Waals surface area contributed by atoms with E-state index in [-0.39, 0.29) is 18.1 Å². The lowest BCUT2D eigenvalue weighted by atomic mass is 10.2. The van der Waals surface area contributed by atoms with Gasteiger partial charge < -0.3 is 15.8 Å². The summed E-state index contributed by atoms with van der Waals surface area (Å²) in [7, 11) is 0. The number of carbonyl (C=O) groups is 1. The summed E-state index contributed by atoms with van der Waals surface area (Å²) >= 11 is 0. The fraction of sp³-hybridized carbons (Fsp3) is 0.909. The third kappa shape index (κ3) is 3.43. The van der Waals surface area contributed by atoms with Gasteiger partial charge in [0.05, 0.1) is 12.6 Å². The molecule has 3 N–H and O–H groups in total. The van der Waals surface area contributed by atoms with E-state index in [0.717, 1.165) is 39.0 Å². The van der Waals surface area contributed by atoms with Crippen molar-refractivity contribution in [1.82, 2.24) is 10.2 Å². The summed E-state index contributed by atoms with van der Waals surface area (Å²) in [5.74, 6) is 0.0876. The summed E-state index contributed by atoms with van der Waals surface area (Å²) in [5, 5.41) is 2.92. The Labute approximate surface area is 96.3 Å². The molecule has 92 valence electrons. The predicted octanol–water partition coefficient (Wildman–Crippen LogP) is -0.685. The topological polar surface area (TPSA) is 67.6 Å². The molecule has 1 amide bonds. The highest BCUT2D eigenvalue weighted by molar-refractivity contribution is 5.78. The van der Waals surface area contributed by atoms with Crippen molar-refractivity contribution >= 4 is 5.91 Å². The summed E-state index contributed by atoms with van der Waals surface area (Å²) < 4.78 is 5.44. The van der Waals surface area contributed by atoms with E-state index in [1.165, 1.54) is 0 Å². The standard InChI is InChI=1S/C11H21N3O2/c12-9-3-4-14(7-9)8-11(15)13-6-10-2-1-5-16-10/h9-10H,1-8,12H2,(H,13,15)/t9-,10-/m1/s1. The molecule has 5 heteroatoms. The van der Waals surface area contributed by atoms with Crippen LogP contribution in [0.2, 0.25) is 0 Å². The summed E-state index contributed by atoms with van der Waals surface area (Å²) in [5.41, 5.74) is 5.78. The normalized spacial score (nSPS) is 30.8. The van der Waals surface area contributed by atoms with Crippen LogP contribution in [-0.2, 0) is 9.53 Å². The first-order valence-electron chi connectivity index (χ1n) is 6.10. The van der Waals surface area contributed by atoms with Gasteiger partial charge in [0.25, 0.3) is 0 Å². The highest BCUT2D eigenvalue weighted by Crippen LogP contribution is 2.10. The first-order chi connectivity index (χ1) is 7.74. The van der Waals surface area contributed by atoms with Crippen LogP contribution in [0.25, 0.3) is 0 Å². The van der Waals surface area contributed by atoms with Crippen molar-refractivity contribution in [2.45, 2.75) is 31.4 Å². The molecule has 2 aliphatic rings. The molecule has 0 aromatic rings. The number of rotatable bonds is 4. The van der Waals surface area contributed by atoms with E-state index < -0.39 is 0 Å². The largest absolute Gasteiger partial charge is 0.376 e. The molecular formula is C11H21N3O2. The second kappa shape index (κ2) is 5.61. The quantitative estimate of drug-likeness (QED) is 0.667. The van der Waals surface area contributed by atoms with Gasteiger partial charge >= 0.3 is 0 Å². The number of nitrogens with zero attached hydrogens (tertiary/aromatic N) is 1. The minimum atomic E-state index is 0.0876. The van der Waals surface area contributed by atoms with E-state index in [1.54, 1.807) is 0 Å². The Kier molecular flexibility index (Phi) is 4.15. The van der Waals surface area contributed by atoms with Crippen molar-refractivity contribution in [3.05, 3.63) is 0 Å². The van der Waals surface area contributed by atoms with Crippen molar-refractivity contribution < 1.29 is 9.53 Å². The molecule has 2 fully saturated rings. The van der Waals surface area contributed by atoms with E-state index in [9.17, 15) is 4.79 Å². The summed E-state index contributed by atoms with van der Waals surface area (Å²) in [6.45, 7) is 3.74. The maximum absolute atomic E-state index is 11.6. The third-order valence-corrected chi connectivity index (χ3v) is 3.23. The Bertz CT molecular complexity index is 241. The zero-order chi connectivity index (χ0) is 11.4. The molecule has 5 nitrogen and oxygen atoms in total. The number of hydrogen-bond donors (Lipinski definition) is 2. The smallest absolute Gasteiger partial charge is 0.234 e. The predicted molar refractivity (Wildman–Crippen MR) is 61.0 cm³/mol. The number of hydrogen-bond acceptors (Lipinski definition) is 4. The van der Waals surface area contributed by atoms with Gasteiger partial charge in [-0.2, -0.15) is 0 Å². The fourth-order valence-corrected chi connectivity index (χ4v) is 2.30. The average molecular weight is 227 g/mol. The summed E-state index contributed by atoms with van der Waals surface area (Å²) in [6.07, 6.45) is 3.40. The van der Waals surface area contributed by atoms with Crippen molar-refractivity contribution in [3.8, 4) is 0 Å². The van der Waals surface area contributed by atoms with Crippen LogP contribution in [0.15, 0.2) is 0 Å². The van der Waals surface area contributed by atoms with Crippen LogP contribution >= 0.6 is 0 Å². The average Bonchev–Trinajstić information content (AvgIpc) is 2.87. The van der Waals surface area contributed by atoms with Gasteiger partial charge in [0, 0.05) is 32.3 Å². The molecule has 0 aromatic heterocycles. The maximum Gasteiger partial charge on any atom is 0.234 e. The highest BCUT2D eigenvalue weighted by Gasteiger charge is 2.21. The number of ether oxygens (including phenoxy) is 1. The Morgan fingerprint density at radius 3 is 3.00 bits per heavy atom. The van der Waals surface area contributed by atoms with Crippen LogP contribution in [0.3, 0.4) is 0 Å². The molecule has 2 atom stereocenters. The fourth-order valence-electron chi connectivity index (χ4n) is 2.30. The lowest BCUT2D eigenvalue weighted by molar-refractivity contribution is -0.122. The molecule has 2 aliphatic heterocycles. The van der Waals surface area contributed by atoms with Gasteiger partial charge in [-0.05, 0) is 19.3 Å². The van der Waals surface area contributed by atoms with Gasteiger partial charge in [-0.1, -0.05) is 0 Å². The zero-order valence-corrected chi connectivity index (χ0v) is 9.65. The Morgan fingerprint density at radius 1 is 1.50 bits per heavy atom. The second-order valence-corrected chi connectivity index (χ2v) is 4.72. The summed E-state index contributed by atoms with van der Waals surface area (Å²) in [6, 6.07) is 0.242. The molecule has 0 spiro atoms. The molecule has 16 heavy (non-hydrogen) atoms. The van der Waals surface area contributed by atoms with Crippen molar-refractivity contribution in [1.29, 1.82) is 0 Å².